The summed E-state index contributed by atoms with van der Waals surface area (Å²) < 4.78 is 5.00. The van der Waals surface area contributed by atoms with Crippen LogP contribution >= 0.6 is 11.6 Å². The number of aromatic nitrogens is 2. The van der Waals surface area contributed by atoms with Crippen LogP contribution in [0.5, 0.6) is 0 Å². The third kappa shape index (κ3) is 3.51. The summed E-state index contributed by atoms with van der Waals surface area (Å²) in [6.07, 6.45) is 3.70. The van der Waals surface area contributed by atoms with Gasteiger partial charge in [0.1, 0.15) is 17.3 Å². The first-order valence-electron chi connectivity index (χ1n) is 5.05. The van der Waals surface area contributed by atoms with Crippen molar-refractivity contribution in [3.8, 4) is 0 Å². The molecule has 0 aromatic carbocycles. The fraction of sp³-hybridized carbons (Fsp3) is 0.364. The van der Waals surface area contributed by atoms with Crippen molar-refractivity contribution < 1.29 is 9.53 Å². The molecule has 0 aliphatic rings. The van der Waals surface area contributed by atoms with E-state index < -0.39 is 0 Å². The van der Waals surface area contributed by atoms with Crippen LogP contribution in [0, 0.1) is 0 Å². The van der Waals surface area contributed by atoms with Gasteiger partial charge in [-0.1, -0.05) is 17.7 Å². The summed E-state index contributed by atoms with van der Waals surface area (Å²) >= 11 is 5.84. The molecule has 92 valence electrons. The first-order chi connectivity index (χ1) is 8.24. The molecule has 0 saturated carbocycles. The van der Waals surface area contributed by atoms with E-state index in [9.17, 15) is 4.79 Å². The number of nitrogens with zero attached hydrogens (tertiary/aromatic N) is 3. The Morgan fingerprint density at radius 2 is 2.35 bits per heavy atom. The van der Waals surface area contributed by atoms with Crippen molar-refractivity contribution in [1.29, 1.82) is 0 Å². The summed E-state index contributed by atoms with van der Waals surface area (Å²) in [5, 5.41) is 0.150. The van der Waals surface area contributed by atoms with E-state index in [1.54, 1.807) is 13.2 Å². The van der Waals surface area contributed by atoms with Crippen molar-refractivity contribution in [2.45, 2.75) is 0 Å². The topological polar surface area (TPSA) is 55.3 Å². The van der Waals surface area contributed by atoms with Gasteiger partial charge in [-0.2, -0.15) is 0 Å². The van der Waals surface area contributed by atoms with Gasteiger partial charge in [-0.25, -0.2) is 9.97 Å². The number of methoxy groups -OCH3 is 1. The number of carbonyl (C=O) groups excluding carboxylic acids is 1. The summed E-state index contributed by atoms with van der Waals surface area (Å²) in [4.78, 5) is 20.7. The minimum atomic E-state index is 0.150. The first kappa shape index (κ1) is 13.6. The van der Waals surface area contributed by atoms with Crippen molar-refractivity contribution >= 4 is 23.7 Å². The van der Waals surface area contributed by atoms with Crippen molar-refractivity contribution in [1.82, 2.24) is 9.97 Å². The Bertz CT molecular complexity index is 398. The molecule has 0 fully saturated rings. The maximum atomic E-state index is 11.0. The normalized spacial score (nSPS) is 10.0. The van der Waals surface area contributed by atoms with Crippen LogP contribution in [0.4, 0.5) is 5.82 Å². The molecule has 1 aromatic rings. The minimum Gasteiger partial charge on any atom is -0.383 e. The lowest BCUT2D eigenvalue weighted by Gasteiger charge is -2.22. The average Bonchev–Trinajstić information content (AvgIpc) is 2.34. The molecule has 0 saturated heterocycles. The lowest BCUT2D eigenvalue weighted by molar-refractivity contribution is 0.112. The van der Waals surface area contributed by atoms with E-state index in [1.165, 1.54) is 6.33 Å². The van der Waals surface area contributed by atoms with E-state index >= 15 is 0 Å². The van der Waals surface area contributed by atoms with Gasteiger partial charge < -0.3 is 9.64 Å². The molecule has 1 rings (SSSR count). The Kier molecular flexibility index (Phi) is 5.59. The first-order valence-corrected chi connectivity index (χ1v) is 5.42. The fourth-order valence-electron chi connectivity index (χ4n) is 1.36. The zero-order valence-corrected chi connectivity index (χ0v) is 10.4. The number of hydrogen-bond acceptors (Lipinski definition) is 5. The lowest BCUT2D eigenvalue weighted by Crippen LogP contribution is -2.29. The molecule has 0 bridgehead atoms. The Balaban J connectivity index is 3.03. The smallest absolute Gasteiger partial charge is 0.156 e. The third-order valence-electron chi connectivity index (χ3n) is 2.15. The fourth-order valence-corrected chi connectivity index (χ4v) is 1.53. The van der Waals surface area contributed by atoms with E-state index in [-0.39, 0.29) is 10.7 Å². The number of ether oxygens (including phenoxy) is 1. The molecule has 17 heavy (non-hydrogen) atoms. The molecule has 0 amide bonds. The van der Waals surface area contributed by atoms with Gasteiger partial charge in [-0.15, -0.1) is 6.58 Å². The number of aldehydes is 1. The maximum absolute atomic E-state index is 11.0. The highest BCUT2D eigenvalue weighted by Crippen LogP contribution is 2.21. The molecular formula is C11H14ClN3O2. The molecule has 6 heteroatoms. The van der Waals surface area contributed by atoms with E-state index in [1.807, 2.05) is 4.90 Å². The summed E-state index contributed by atoms with van der Waals surface area (Å²) in [5.41, 5.74) is 0.284. The molecule has 1 aromatic heterocycles. The zero-order valence-electron chi connectivity index (χ0n) is 9.60. The van der Waals surface area contributed by atoms with Crippen molar-refractivity contribution in [2.24, 2.45) is 0 Å². The number of anilines is 1. The molecule has 0 aliphatic heterocycles. The van der Waals surface area contributed by atoms with E-state index in [0.29, 0.717) is 31.8 Å². The number of rotatable bonds is 7. The van der Waals surface area contributed by atoms with Crippen LogP contribution in [-0.4, -0.2) is 43.1 Å². The molecule has 0 radical (unpaired) electrons. The summed E-state index contributed by atoms with van der Waals surface area (Å²) in [5.74, 6) is 0.497. The van der Waals surface area contributed by atoms with Gasteiger partial charge >= 0.3 is 0 Å². The van der Waals surface area contributed by atoms with Gasteiger partial charge in [0, 0.05) is 20.2 Å². The van der Waals surface area contributed by atoms with Crippen LogP contribution in [0.25, 0.3) is 0 Å². The monoisotopic (exact) mass is 255 g/mol. The van der Waals surface area contributed by atoms with E-state index in [4.69, 9.17) is 16.3 Å². The van der Waals surface area contributed by atoms with Crippen LogP contribution < -0.4 is 4.90 Å². The van der Waals surface area contributed by atoms with Crippen LogP contribution in [0.3, 0.4) is 0 Å². The SMILES string of the molecule is C=CCN(CCOC)c1ncnc(Cl)c1C=O. The van der Waals surface area contributed by atoms with Crippen molar-refractivity contribution in [3.63, 3.8) is 0 Å². The second-order valence-electron chi connectivity index (χ2n) is 3.25. The third-order valence-corrected chi connectivity index (χ3v) is 2.45. The summed E-state index contributed by atoms with van der Waals surface area (Å²) in [6.45, 7) is 5.33. The van der Waals surface area contributed by atoms with E-state index in [2.05, 4.69) is 16.5 Å². The highest BCUT2D eigenvalue weighted by atomic mass is 35.5. The summed E-state index contributed by atoms with van der Waals surface area (Å²) in [6, 6.07) is 0. The molecule has 0 unspecified atom stereocenters. The Morgan fingerprint density at radius 3 is 2.94 bits per heavy atom. The molecular weight excluding hydrogens is 242 g/mol. The second kappa shape index (κ2) is 6.98. The summed E-state index contributed by atoms with van der Waals surface area (Å²) in [7, 11) is 1.61. The van der Waals surface area contributed by atoms with Gasteiger partial charge in [0.05, 0.1) is 12.2 Å². The second-order valence-corrected chi connectivity index (χ2v) is 3.61. The van der Waals surface area contributed by atoms with Gasteiger partial charge in [-0.3, -0.25) is 4.79 Å². The predicted molar refractivity (Wildman–Crippen MR) is 66.7 cm³/mol. The lowest BCUT2D eigenvalue weighted by atomic mass is 10.3. The van der Waals surface area contributed by atoms with Gasteiger partial charge in [0.2, 0.25) is 0 Å². The zero-order chi connectivity index (χ0) is 12.7. The number of carbonyl (C=O) groups is 1. The molecule has 1 heterocycles. The molecule has 0 atom stereocenters. The van der Waals surface area contributed by atoms with Gasteiger partial charge in [0.15, 0.2) is 6.29 Å². The van der Waals surface area contributed by atoms with Gasteiger partial charge in [0.25, 0.3) is 0 Å². The van der Waals surface area contributed by atoms with Crippen molar-refractivity contribution in [2.75, 3.05) is 31.7 Å². The molecule has 5 nitrogen and oxygen atoms in total. The van der Waals surface area contributed by atoms with Crippen molar-refractivity contribution in [3.05, 3.63) is 29.7 Å². The average molecular weight is 256 g/mol. The number of hydrogen-bond donors (Lipinski definition) is 0. The standard InChI is InChI=1S/C11H14ClN3O2/c1-3-4-15(5-6-17-2)11-9(7-16)10(12)13-8-14-11/h3,7-8H,1,4-6H2,2H3. The number of halogens is 1. The Hall–Kier alpha value is -1.46. The predicted octanol–water partition coefficient (Wildman–Crippen LogP) is 1.58. The maximum Gasteiger partial charge on any atom is 0.156 e. The molecule has 0 aliphatic carbocycles. The van der Waals surface area contributed by atoms with E-state index in [0.717, 1.165) is 0 Å². The minimum absolute atomic E-state index is 0.150. The highest BCUT2D eigenvalue weighted by molar-refractivity contribution is 6.32. The largest absolute Gasteiger partial charge is 0.383 e. The van der Waals surface area contributed by atoms with Crippen LogP contribution in [0.1, 0.15) is 10.4 Å². The van der Waals surface area contributed by atoms with Crippen LogP contribution in [0.2, 0.25) is 5.15 Å². The van der Waals surface area contributed by atoms with Gasteiger partial charge in [-0.05, 0) is 0 Å². The molecule has 0 N–H and O–H groups in total. The molecule has 0 spiro atoms. The Morgan fingerprint density at radius 1 is 1.59 bits per heavy atom. The highest BCUT2D eigenvalue weighted by Gasteiger charge is 2.14. The quantitative estimate of drug-likeness (QED) is 0.421. The Labute approximate surface area is 105 Å². The van der Waals surface area contributed by atoms with Crippen LogP contribution in [-0.2, 0) is 4.74 Å². The van der Waals surface area contributed by atoms with Crippen LogP contribution in [0.15, 0.2) is 19.0 Å².